The van der Waals surface area contributed by atoms with Crippen LogP contribution in [0.25, 0.3) is 44.5 Å². The molecule has 0 saturated carbocycles. The summed E-state index contributed by atoms with van der Waals surface area (Å²) in [5, 5.41) is 5.61. The average Bonchev–Trinajstić information content (AvgIpc) is 3.68. The highest BCUT2D eigenvalue weighted by Gasteiger charge is 2.20. The van der Waals surface area contributed by atoms with Crippen molar-refractivity contribution in [3.63, 3.8) is 0 Å². The molecule has 6 aromatic heterocycles. The van der Waals surface area contributed by atoms with Crippen molar-refractivity contribution in [2.75, 3.05) is 0 Å². The van der Waals surface area contributed by atoms with Crippen LogP contribution in [0.3, 0.4) is 0 Å². The quantitative estimate of drug-likeness (QED) is 0.235. The Morgan fingerprint density at radius 1 is 0.900 bits per heavy atom. The van der Waals surface area contributed by atoms with Crippen LogP contribution in [0.1, 0.15) is 21.1 Å². The summed E-state index contributed by atoms with van der Waals surface area (Å²) >= 11 is 1.38. The van der Waals surface area contributed by atoms with Gasteiger partial charge in [-0.2, -0.15) is 5.10 Å². The maximum atomic E-state index is 13.6. The van der Waals surface area contributed by atoms with Crippen molar-refractivity contribution in [3.05, 3.63) is 114 Å². The molecule has 7 rings (SSSR count). The molecule has 0 aliphatic carbocycles. The SMILES string of the molecule is Cc1nc(-c2ccncc2)sc1C(=O)Cc1cn2nc(-c3c(-c4ccc(F)cc4)nc4ccccn34)ccc2n1. The number of benzene rings is 1. The molecule has 0 bridgehead atoms. The molecule has 0 radical (unpaired) electrons. The van der Waals surface area contributed by atoms with Crippen LogP contribution in [0.4, 0.5) is 4.39 Å². The monoisotopic (exact) mass is 545 g/mol. The van der Waals surface area contributed by atoms with Gasteiger partial charge in [0.05, 0.1) is 34.6 Å². The largest absolute Gasteiger partial charge is 0.298 e. The minimum absolute atomic E-state index is 0.0423. The first kappa shape index (κ1) is 24.0. The number of carbonyl (C=O) groups is 1. The Balaban J connectivity index is 1.23. The van der Waals surface area contributed by atoms with Crippen molar-refractivity contribution in [1.29, 1.82) is 0 Å². The summed E-state index contributed by atoms with van der Waals surface area (Å²) in [7, 11) is 0. The van der Waals surface area contributed by atoms with E-state index in [2.05, 4.69) is 15.0 Å². The number of aryl methyl sites for hydroxylation is 1. The number of nitrogens with zero attached hydrogens (tertiary/aromatic N) is 7. The maximum Gasteiger partial charge on any atom is 0.180 e. The van der Waals surface area contributed by atoms with Gasteiger partial charge in [-0.25, -0.2) is 23.9 Å². The molecule has 0 fully saturated rings. The summed E-state index contributed by atoms with van der Waals surface area (Å²) in [5.74, 6) is -0.351. The molecule has 0 aliphatic rings. The summed E-state index contributed by atoms with van der Waals surface area (Å²) in [5.41, 5.74) is 6.55. The van der Waals surface area contributed by atoms with Gasteiger partial charge in [0, 0.05) is 29.7 Å². The van der Waals surface area contributed by atoms with Gasteiger partial charge in [-0.1, -0.05) is 6.07 Å². The minimum atomic E-state index is -0.309. The molecule has 7 aromatic rings. The molecule has 0 atom stereocenters. The van der Waals surface area contributed by atoms with Gasteiger partial charge in [-0.15, -0.1) is 11.3 Å². The van der Waals surface area contributed by atoms with Crippen molar-refractivity contribution in [2.24, 2.45) is 0 Å². The van der Waals surface area contributed by atoms with E-state index in [1.165, 1.54) is 23.5 Å². The molecule has 10 heteroatoms. The van der Waals surface area contributed by atoms with Crippen LogP contribution in [-0.4, -0.2) is 39.7 Å². The van der Waals surface area contributed by atoms with Crippen molar-refractivity contribution in [2.45, 2.75) is 13.3 Å². The van der Waals surface area contributed by atoms with Crippen LogP contribution in [0.2, 0.25) is 0 Å². The van der Waals surface area contributed by atoms with E-state index in [1.54, 1.807) is 35.2 Å². The standard InChI is InChI=1S/C30H20FN7OS/c1-18-29(40-30(33-18)20-11-13-32-14-12-20)24(39)16-22-17-38-26(34-22)10-9-23(36-38)28-27(19-5-7-21(31)8-6-19)35-25-4-2-3-15-37(25)28/h2-15,17H,16H2,1H3. The van der Waals surface area contributed by atoms with Crippen LogP contribution in [0.15, 0.2) is 91.5 Å². The number of hydrogen-bond acceptors (Lipinski definition) is 7. The fourth-order valence-corrected chi connectivity index (χ4v) is 5.72. The Labute approximate surface area is 231 Å². The van der Waals surface area contributed by atoms with Crippen LogP contribution < -0.4 is 0 Å². The number of carbonyl (C=O) groups excluding carboxylic acids is 1. The summed E-state index contributed by atoms with van der Waals surface area (Å²) in [6.45, 7) is 1.85. The third-order valence-electron chi connectivity index (χ3n) is 6.58. The predicted octanol–water partition coefficient (Wildman–Crippen LogP) is 6.10. The highest BCUT2D eigenvalue weighted by atomic mass is 32.1. The van der Waals surface area contributed by atoms with Gasteiger partial charge >= 0.3 is 0 Å². The summed E-state index contributed by atoms with van der Waals surface area (Å²) in [6, 6.07) is 19.5. The van der Waals surface area contributed by atoms with Crippen LogP contribution in [0.5, 0.6) is 0 Å². The maximum absolute atomic E-state index is 13.6. The van der Waals surface area contributed by atoms with Gasteiger partial charge in [0.1, 0.15) is 27.9 Å². The van der Waals surface area contributed by atoms with E-state index in [0.29, 0.717) is 33.3 Å². The first-order chi connectivity index (χ1) is 19.5. The number of hydrogen-bond donors (Lipinski definition) is 0. The second-order valence-corrected chi connectivity index (χ2v) is 10.3. The number of imidazole rings is 2. The summed E-state index contributed by atoms with van der Waals surface area (Å²) in [4.78, 5) is 31.9. The zero-order chi connectivity index (χ0) is 27.2. The van der Waals surface area contributed by atoms with Crippen molar-refractivity contribution in [3.8, 4) is 33.2 Å². The van der Waals surface area contributed by atoms with Crippen molar-refractivity contribution in [1.82, 2.24) is 34.0 Å². The van der Waals surface area contributed by atoms with Crippen molar-refractivity contribution < 1.29 is 9.18 Å². The third-order valence-corrected chi connectivity index (χ3v) is 7.83. The normalized spacial score (nSPS) is 11.4. The van der Waals surface area contributed by atoms with E-state index in [-0.39, 0.29) is 18.0 Å². The first-order valence-corrected chi connectivity index (χ1v) is 13.3. The van der Waals surface area contributed by atoms with Gasteiger partial charge in [0.2, 0.25) is 0 Å². The number of rotatable bonds is 6. The second-order valence-electron chi connectivity index (χ2n) is 9.27. The lowest BCUT2D eigenvalue weighted by atomic mass is 10.1. The highest BCUT2D eigenvalue weighted by molar-refractivity contribution is 7.17. The number of halogens is 1. The van der Waals surface area contributed by atoms with E-state index in [9.17, 15) is 9.18 Å². The molecule has 0 saturated heterocycles. The minimum Gasteiger partial charge on any atom is -0.298 e. The summed E-state index contributed by atoms with van der Waals surface area (Å²) in [6.07, 6.45) is 7.25. The molecule has 0 amide bonds. The Morgan fingerprint density at radius 3 is 2.55 bits per heavy atom. The molecule has 0 aliphatic heterocycles. The van der Waals surface area contributed by atoms with Crippen LogP contribution >= 0.6 is 11.3 Å². The van der Waals surface area contributed by atoms with Crippen LogP contribution in [0, 0.1) is 12.7 Å². The van der Waals surface area contributed by atoms with E-state index in [4.69, 9.17) is 10.1 Å². The zero-order valence-electron chi connectivity index (χ0n) is 21.2. The Kier molecular flexibility index (Phi) is 5.75. The van der Waals surface area contributed by atoms with Gasteiger partial charge in [0.15, 0.2) is 11.4 Å². The molecule has 0 unspecified atom stereocenters. The number of ketones is 1. The lowest BCUT2D eigenvalue weighted by molar-refractivity contribution is 0.0995. The van der Waals surface area contributed by atoms with E-state index in [1.807, 2.05) is 60.0 Å². The molecule has 40 heavy (non-hydrogen) atoms. The number of Topliss-reactive ketones (excluding diaryl/α,β-unsaturated/α-hetero) is 1. The van der Waals surface area contributed by atoms with Gasteiger partial charge < -0.3 is 0 Å². The average molecular weight is 546 g/mol. The zero-order valence-corrected chi connectivity index (χ0v) is 22.0. The molecular weight excluding hydrogens is 525 g/mol. The van der Waals surface area contributed by atoms with Crippen LogP contribution in [-0.2, 0) is 6.42 Å². The summed E-state index contributed by atoms with van der Waals surface area (Å²) < 4.78 is 17.3. The number of aromatic nitrogens is 7. The molecule has 194 valence electrons. The Bertz CT molecular complexity index is 2030. The van der Waals surface area contributed by atoms with Gasteiger partial charge in [-0.05, 0) is 67.6 Å². The van der Waals surface area contributed by atoms with Gasteiger partial charge in [0.25, 0.3) is 0 Å². The Hall–Kier alpha value is -5.09. The molecule has 8 nitrogen and oxygen atoms in total. The molecule has 6 heterocycles. The predicted molar refractivity (Wildman–Crippen MR) is 151 cm³/mol. The highest BCUT2D eigenvalue weighted by Crippen LogP contribution is 2.32. The van der Waals surface area contributed by atoms with E-state index in [0.717, 1.165) is 27.5 Å². The number of thiazole rings is 1. The lowest BCUT2D eigenvalue weighted by Gasteiger charge is -2.05. The number of fused-ring (bicyclic) bond motifs is 2. The molecule has 0 N–H and O–H groups in total. The second kappa shape index (κ2) is 9.58. The van der Waals surface area contributed by atoms with E-state index >= 15 is 0 Å². The molecular formula is C30H20FN7OS. The molecule has 1 aromatic carbocycles. The fraction of sp³-hybridized carbons (Fsp3) is 0.0667. The molecule has 0 spiro atoms. The smallest absolute Gasteiger partial charge is 0.180 e. The lowest BCUT2D eigenvalue weighted by Crippen LogP contribution is -2.03. The van der Waals surface area contributed by atoms with Gasteiger partial charge in [-0.3, -0.25) is 14.2 Å². The topological polar surface area (TPSA) is 90.3 Å². The first-order valence-electron chi connectivity index (χ1n) is 12.5. The Morgan fingerprint density at radius 2 is 1.73 bits per heavy atom. The fourth-order valence-electron chi connectivity index (χ4n) is 4.71. The number of pyridine rings is 2. The third kappa shape index (κ3) is 4.24. The van der Waals surface area contributed by atoms with Crippen molar-refractivity contribution >= 4 is 28.4 Å². The van der Waals surface area contributed by atoms with E-state index < -0.39 is 0 Å².